The maximum atomic E-state index is 12.6. The average Bonchev–Trinajstić information content (AvgIpc) is 3.19. The first kappa shape index (κ1) is 21.5. The average molecular weight is 417 g/mol. The van der Waals surface area contributed by atoms with E-state index in [1.54, 1.807) is 11.3 Å². The second-order valence-electron chi connectivity index (χ2n) is 7.99. The third-order valence-corrected chi connectivity index (χ3v) is 6.50. The summed E-state index contributed by atoms with van der Waals surface area (Å²) in [6.45, 7) is 9.26. The summed E-state index contributed by atoms with van der Waals surface area (Å²) in [7, 11) is 1.90. The molecule has 1 saturated heterocycles. The molecule has 6 nitrogen and oxygen atoms in total. The summed E-state index contributed by atoms with van der Waals surface area (Å²) in [5.41, 5.74) is 3.08. The predicted molar refractivity (Wildman–Crippen MR) is 116 cm³/mol. The van der Waals surface area contributed by atoms with Crippen LogP contribution in [0.5, 0.6) is 0 Å². The summed E-state index contributed by atoms with van der Waals surface area (Å²) in [5.74, 6) is 0.0754. The number of carbonyl (C=O) groups is 2. The van der Waals surface area contributed by atoms with Crippen LogP contribution in [0.15, 0.2) is 35.7 Å². The van der Waals surface area contributed by atoms with Crippen LogP contribution >= 0.6 is 11.3 Å². The van der Waals surface area contributed by atoms with Gasteiger partial charge in [0.25, 0.3) is 11.8 Å². The molecule has 0 spiro atoms. The third kappa shape index (κ3) is 6.13. The number of nitrogens with one attached hydrogen (secondary N) is 3. The molecule has 2 aromatic rings. The molecular formula is C22H32N4O2S+2. The van der Waals surface area contributed by atoms with Crippen LogP contribution in [0.2, 0.25) is 0 Å². The van der Waals surface area contributed by atoms with Gasteiger partial charge in [0.1, 0.15) is 6.54 Å². The second-order valence-corrected chi connectivity index (χ2v) is 9.03. The highest BCUT2D eigenvalue weighted by molar-refractivity contribution is 7.09. The van der Waals surface area contributed by atoms with Gasteiger partial charge >= 0.3 is 0 Å². The van der Waals surface area contributed by atoms with Crippen molar-refractivity contribution in [3.05, 3.63) is 51.7 Å². The minimum atomic E-state index is -0.0609. The van der Waals surface area contributed by atoms with E-state index in [0.29, 0.717) is 6.54 Å². The Kier molecular flexibility index (Phi) is 7.41. The van der Waals surface area contributed by atoms with Crippen molar-refractivity contribution in [2.24, 2.45) is 0 Å². The van der Waals surface area contributed by atoms with Crippen molar-refractivity contribution in [2.45, 2.75) is 20.4 Å². The van der Waals surface area contributed by atoms with Crippen LogP contribution in [0.1, 0.15) is 16.0 Å². The Labute approximate surface area is 177 Å². The molecule has 1 aromatic heterocycles. The van der Waals surface area contributed by atoms with E-state index in [1.165, 1.54) is 9.78 Å². The van der Waals surface area contributed by atoms with Crippen LogP contribution in [0.3, 0.4) is 0 Å². The van der Waals surface area contributed by atoms with E-state index < -0.39 is 0 Å². The van der Waals surface area contributed by atoms with E-state index in [0.717, 1.165) is 54.4 Å². The molecule has 7 heteroatoms. The van der Waals surface area contributed by atoms with Crippen LogP contribution in [-0.2, 0) is 16.1 Å². The number of likely N-dealkylation sites (N-methyl/N-ethyl adjacent to an activating group) is 1. The van der Waals surface area contributed by atoms with Crippen molar-refractivity contribution >= 4 is 28.8 Å². The lowest BCUT2D eigenvalue weighted by Gasteiger charge is -2.32. The summed E-state index contributed by atoms with van der Waals surface area (Å²) >= 11 is 1.80. The minimum Gasteiger partial charge on any atom is -0.328 e. The van der Waals surface area contributed by atoms with Gasteiger partial charge in [-0.05, 0) is 42.5 Å². The van der Waals surface area contributed by atoms with E-state index >= 15 is 0 Å². The number of piperazine rings is 1. The minimum absolute atomic E-state index is 0.0609. The van der Waals surface area contributed by atoms with Gasteiger partial charge in [-0.1, -0.05) is 18.2 Å². The number of benzene rings is 1. The highest BCUT2D eigenvalue weighted by Crippen LogP contribution is 2.17. The molecular weight excluding hydrogens is 384 g/mol. The number of hydrogen-bond donors (Lipinski definition) is 3. The van der Waals surface area contributed by atoms with Crippen molar-refractivity contribution < 1.29 is 19.4 Å². The van der Waals surface area contributed by atoms with Gasteiger partial charge in [0, 0.05) is 5.69 Å². The normalized spacial score (nSPS) is 15.9. The summed E-state index contributed by atoms with van der Waals surface area (Å²) in [5, 5.41) is 5.09. The Morgan fingerprint density at radius 2 is 1.90 bits per heavy atom. The first-order chi connectivity index (χ1) is 13.9. The van der Waals surface area contributed by atoms with Gasteiger partial charge in [-0.15, -0.1) is 11.3 Å². The topological polar surface area (TPSA) is 58.3 Å². The zero-order valence-electron chi connectivity index (χ0n) is 17.6. The number of rotatable bonds is 7. The third-order valence-electron chi connectivity index (χ3n) is 5.62. The summed E-state index contributed by atoms with van der Waals surface area (Å²) in [6.07, 6.45) is 0. The van der Waals surface area contributed by atoms with Crippen LogP contribution in [0, 0.1) is 13.8 Å². The maximum Gasteiger partial charge on any atom is 0.279 e. The standard InChI is InChI=1S/C22H30N4O2S/c1-17-6-4-8-20(18(17)2)23-21(27)15-24(3)16-22(28)26-11-9-25(10-12-26)14-19-7-5-13-29-19/h4-8,13H,9-12,14-16H2,1-3H3,(H,23,27)/p+2. The Hall–Kier alpha value is -2.22. The highest BCUT2D eigenvalue weighted by atomic mass is 32.1. The smallest absolute Gasteiger partial charge is 0.279 e. The summed E-state index contributed by atoms with van der Waals surface area (Å²) in [6, 6.07) is 10.2. The molecule has 1 aliphatic heterocycles. The van der Waals surface area contributed by atoms with Crippen molar-refractivity contribution in [1.29, 1.82) is 0 Å². The molecule has 0 aliphatic carbocycles. The molecule has 1 fully saturated rings. The van der Waals surface area contributed by atoms with Gasteiger partial charge in [0.2, 0.25) is 0 Å². The van der Waals surface area contributed by atoms with Gasteiger partial charge in [0.15, 0.2) is 13.1 Å². The molecule has 2 heterocycles. The molecule has 3 rings (SSSR count). The van der Waals surface area contributed by atoms with E-state index in [1.807, 2.05) is 44.0 Å². The molecule has 1 atom stereocenters. The zero-order valence-corrected chi connectivity index (χ0v) is 18.4. The molecule has 3 N–H and O–H groups in total. The molecule has 0 radical (unpaired) electrons. The number of thiophene rings is 1. The molecule has 0 saturated carbocycles. The van der Waals surface area contributed by atoms with E-state index in [9.17, 15) is 9.59 Å². The van der Waals surface area contributed by atoms with Crippen LogP contribution < -0.4 is 15.1 Å². The lowest BCUT2D eigenvalue weighted by atomic mass is 10.1. The van der Waals surface area contributed by atoms with Crippen molar-refractivity contribution in [3.8, 4) is 0 Å². The first-order valence-electron chi connectivity index (χ1n) is 10.2. The van der Waals surface area contributed by atoms with Gasteiger partial charge < -0.3 is 20.0 Å². The van der Waals surface area contributed by atoms with Crippen molar-refractivity contribution in [3.63, 3.8) is 0 Å². The Morgan fingerprint density at radius 3 is 2.59 bits per heavy atom. The number of amides is 2. The van der Waals surface area contributed by atoms with Crippen LogP contribution in [-0.4, -0.2) is 63.0 Å². The van der Waals surface area contributed by atoms with Crippen molar-refractivity contribution in [1.82, 2.24) is 4.90 Å². The summed E-state index contributed by atoms with van der Waals surface area (Å²) in [4.78, 5) is 30.8. The van der Waals surface area contributed by atoms with E-state index in [-0.39, 0.29) is 18.4 Å². The molecule has 2 amide bonds. The molecule has 1 unspecified atom stereocenters. The van der Waals surface area contributed by atoms with Crippen LogP contribution in [0.25, 0.3) is 0 Å². The molecule has 0 bridgehead atoms. The SMILES string of the molecule is Cc1cccc(NC(=O)C[NH+](C)CC(=O)N2CC[NH+](Cc3cccs3)CC2)c1C. The second kappa shape index (κ2) is 10.0. The Bertz CT molecular complexity index is 829. The first-order valence-corrected chi connectivity index (χ1v) is 11.1. The Morgan fingerprint density at radius 1 is 1.14 bits per heavy atom. The zero-order chi connectivity index (χ0) is 20.8. The molecule has 1 aliphatic rings. The molecule has 29 heavy (non-hydrogen) atoms. The number of quaternary nitrogens is 2. The quantitative estimate of drug-likeness (QED) is 0.583. The number of anilines is 1. The summed E-state index contributed by atoms with van der Waals surface area (Å²) < 4.78 is 0. The van der Waals surface area contributed by atoms with E-state index in [2.05, 4.69) is 22.8 Å². The number of aryl methyl sites for hydroxylation is 1. The number of nitrogens with zero attached hydrogens (tertiary/aromatic N) is 1. The Balaban J connectivity index is 1.41. The lowest BCUT2D eigenvalue weighted by Crippen LogP contribution is -3.14. The fourth-order valence-corrected chi connectivity index (χ4v) is 4.47. The van der Waals surface area contributed by atoms with E-state index in [4.69, 9.17) is 0 Å². The van der Waals surface area contributed by atoms with Gasteiger partial charge in [0.05, 0.1) is 38.1 Å². The fourth-order valence-electron chi connectivity index (χ4n) is 3.70. The fraction of sp³-hybridized carbons (Fsp3) is 0.455. The number of hydrogen-bond acceptors (Lipinski definition) is 3. The number of carbonyl (C=O) groups excluding carboxylic acids is 2. The monoisotopic (exact) mass is 416 g/mol. The predicted octanol–water partition coefficient (Wildman–Crippen LogP) is -0.255. The van der Waals surface area contributed by atoms with Gasteiger partial charge in [-0.3, -0.25) is 9.59 Å². The highest BCUT2D eigenvalue weighted by Gasteiger charge is 2.26. The largest absolute Gasteiger partial charge is 0.328 e. The maximum absolute atomic E-state index is 12.6. The lowest BCUT2D eigenvalue weighted by molar-refractivity contribution is -0.917. The van der Waals surface area contributed by atoms with Gasteiger partial charge in [-0.25, -0.2) is 0 Å². The van der Waals surface area contributed by atoms with Crippen molar-refractivity contribution in [2.75, 3.05) is 51.6 Å². The molecule has 1 aromatic carbocycles. The van der Waals surface area contributed by atoms with Gasteiger partial charge in [-0.2, -0.15) is 0 Å². The molecule has 156 valence electrons. The van der Waals surface area contributed by atoms with Crippen LogP contribution in [0.4, 0.5) is 5.69 Å².